The molecular weight excluding hydrogens is 251 g/mol. The van der Waals surface area contributed by atoms with E-state index in [0.29, 0.717) is 6.42 Å². The number of carbonyl (C=O) groups is 1. The number of nitrogens with one attached hydrogen (secondary N) is 1. The van der Waals surface area contributed by atoms with Crippen LogP contribution >= 0.6 is 24.8 Å². The van der Waals surface area contributed by atoms with Crippen molar-refractivity contribution in [2.75, 3.05) is 0 Å². The van der Waals surface area contributed by atoms with E-state index in [4.69, 9.17) is 5.11 Å². The lowest BCUT2D eigenvalue weighted by molar-refractivity contribution is -0.139. The number of hydrogen-bond donors (Lipinski definition) is 2. The molecule has 1 aromatic heterocycles. The molecule has 2 N–H and O–H groups in total. The summed E-state index contributed by atoms with van der Waals surface area (Å²) in [6, 6.07) is 3.57. The van der Waals surface area contributed by atoms with Gasteiger partial charge in [-0.25, -0.2) is 0 Å². The number of pyridine rings is 1. The Kier molecular flexibility index (Phi) is 6.33. The van der Waals surface area contributed by atoms with Crippen molar-refractivity contribution in [3.63, 3.8) is 0 Å². The second kappa shape index (κ2) is 6.68. The lowest BCUT2D eigenvalue weighted by Crippen LogP contribution is -2.31. The highest BCUT2D eigenvalue weighted by atomic mass is 35.5. The van der Waals surface area contributed by atoms with Crippen molar-refractivity contribution in [2.45, 2.75) is 24.9 Å². The van der Waals surface area contributed by atoms with E-state index in [-0.39, 0.29) is 30.9 Å². The third-order valence-corrected chi connectivity index (χ3v) is 2.53. The van der Waals surface area contributed by atoms with Gasteiger partial charge in [-0.1, -0.05) is 6.07 Å². The molecule has 1 fully saturated rings. The molecule has 0 saturated carbocycles. The molecule has 1 aromatic rings. The molecule has 2 heterocycles. The Morgan fingerprint density at radius 3 is 2.69 bits per heavy atom. The number of carboxylic acids is 1. The maximum Gasteiger partial charge on any atom is 0.320 e. The minimum Gasteiger partial charge on any atom is -0.480 e. The van der Waals surface area contributed by atoms with Gasteiger partial charge < -0.3 is 5.11 Å². The van der Waals surface area contributed by atoms with Gasteiger partial charge in [0.2, 0.25) is 0 Å². The highest BCUT2D eigenvalue weighted by molar-refractivity contribution is 5.85. The van der Waals surface area contributed by atoms with Crippen LogP contribution in [-0.2, 0) is 4.79 Å². The summed E-state index contributed by atoms with van der Waals surface area (Å²) in [5, 5.41) is 11.9. The molecule has 16 heavy (non-hydrogen) atoms. The molecule has 1 aliphatic heterocycles. The monoisotopic (exact) mass is 264 g/mol. The molecule has 1 saturated heterocycles. The SMILES string of the molecule is Cl.Cl.O=C(O)[C@@H]1CC[C@H](c2cccnc2)N1. The molecule has 6 heteroatoms. The molecule has 90 valence electrons. The maximum absolute atomic E-state index is 10.7. The van der Waals surface area contributed by atoms with Crippen LogP contribution < -0.4 is 5.32 Å². The molecule has 4 nitrogen and oxygen atoms in total. The van der Waals surface area contributed by atoms with Gasteiger partial charge in [-0.05, 0) is 24.5 Å². The van der Waals surface area contributed by atoms with Crippen LogP contribution in [0.4, 0.5) is 0 Å². The van der Waals surface area contributed by atoms with Gasteiger partial charge in [0, 0.05) is 18.4 Å². The van der Waals surface area contributed by atoms with Crippen LogP contribution in [-0.4, -0.2) is 22.1 Å². The number of nitrogens with zero attached hydrogens (tertiary/aromatic N) is 1. The molecule has 1 aliphatic rings. The third-order valence-electron chi connectivity index (χ3n) is 2.53. The van der Waals surface area contributed by atoms with Gasteiger partial charge in [-0.3, -0.25) is 15.1 Å². The van der Waals surface area contributed by atoms with Crippen LogP contribution in [0.15, 0.2) is 24.5 Å². The molecule has 0 spiro atoms. The predicted octanol–water partition coefficient (Wildman–Crippen LogP) is 1.80. The summed E-state index contributed by atoms with van der Waals surface area (Å²) in [6.45, 7) is 0. The molecule has 0 bridgehead atoms. The van der Waals surface area contributed by atoms with Gasteiger partial charge in [0.05, 0.1) is 0 Å². The van der Waals surface area contributed by atoms with Crippen LogP contribution in [0.5, 0.6) is 0 Å². The zero-order valence-corrected chi connectivity index (χ0v) is 10.1. The van der Waals surface area contributed by atoms with Crippen molar-refractivity contribution in [3.8, 4) is 0 Å². The van der Waals surface area contributed by atoms with Crippen molar-refractivity contribution in [1.29, 1.82) is 0 Å². The Morgan fingerprint density at radius 2 is 2.19 bits per heavy atom. The summed E-state index contributed by atoms with van der Waals surface area (Å²) in [4.78, 5) is 14.7. The van der Waals surface area contributed by atoms with Crippen LogP contribution in [0.3, 0.4) is 0 Å². The Labute approximate surface area is 106 Å². The Morgan fingerprint density at radius 1 is 1.44 bits per heavy atom. The minimum atomic E-state index is -0.767. The first-order chi connectivity index (χ1) is 6.77. The molecule has 0 unspecified atom stereocenters. The lowest BCUT2D eigenvalue weighted by Gasteiger charge is -2.11. The number of halogens is 2. The van der Waals surface area contributed by atoms with Crippen molar-refractivity contribution in [2.24, 2.45) is 0 Å². The molecule has 2 rings (SSSR count). The Balaban J connectivity index is 0.00000112. The normalized spacial score (nSPS) is 23.0. The highest BCUT2D eigenvalue weighted by Crippen LogP contribution is 2.25. The molecule has 0 aliphatic carbocycles. The molecule has 0 radical (unpaired) electrons. The smallest absolute Gasteiger partial charge is 0.320 e. The maximum atomic E-state index is 10.7. The second-order valence-corrected chi connectivity index (χ2v) is 3.47. The Hall–Kier alpha value is -0.840. The topological polar surface area (TPSA) is 62.2 Å². The lowest BCUT2D eigenvalue weighted by atomic mass is 10.1. The van der Waals surface area contributed by atoms with Crippen molar-refractivity contribution < 1.29 is 9.90 Å². The fourth-order valence-electron chi connectivity index (χ4n) is 1.78. The summed E-state index contributed by atoms with van der Waals surface area (Å²) in [5.74, 6) is -0.767. The second-order valence-electron chi connectivity index (χ2n) is 3.47. The number of aliphatic carboxylic acids is 1. The van der Waals surface area contributed by atoms with E-state index in [2.05, 4.69) is 10.3 Å². The summed E-state index contributed by atoms with van der Waals surface area (Å²) < 4.78 is 0. The third kappa shape index (κ3) is 3.33. The van der Waals surface area contributed by atoms with Gasteiger partial charge in [0.15, 0.2) is 0 Å². The van der Waals surface area contributed by atoms with E-state index < -0.39 is 12.0 Å². The molecule has 0 aromatic carbocycles. The number of carboxylic acid groups (broad SMARTS) is 1. The van der Waals surface area contributed by atoms with Gasteiger partial charge in [-0.2, -0.15) is 0 Å². The van der Waals surface area contributed by atoms with Crippen LogP contribution in [0.25, 0.3) is 0 Å². The van der Waals surface area contributed by atoms with Gasteiger partial charge in [-0.15, -0.1) is 24.8 Å². The zero-order chi connectivity index (χ0) is 9.97. The van der Waals surface area contributed by atoms with E-state index in [1.807, 2.05) is 12.1 Å². The largest absolute Gasteiger partial charge is 0.480 e. The fraction of sp³-hybridized carbons (Fsp3) is 0.400. The molecular formula is C10H14Cl2N2O2. The highest BCUT2D eigenvalue weighted by Gasteiger charge is 2.29. The average Bonchev–Trinajstić information content (AvgIpc) is 2.68. The van der Waals surface area contributed by atoms with Gasteiger partial charge >= 0.3 is 5.97 Å². The predicted molar refractivity (Wildman–Crippen MR) is 65.3 cm³/mol. The quantitative estimate of drug-likeness (QED) is 0.856. The van der Waals surface area contributed by atoms with Crippen molar-refractivity contribution in [3.05, 3.63) is 30.1 Å². The molecule has 0 amide bonds. The summed E-state index contributed by atoms with van der Waals surface area (Å²) >= 11 is 0. The molecule has 2 atom stereocenters. The minimum absolute atomic E-state index is 0. The van der Waals surface area contributed by atoms with E-state index in [1.54, 1.807) is 12.4 Å². The van der Waals surface area contributed by atoms with Gasteiger partial charge in [0.1, 0.15) is 6.04 Å². The van der Waals surface area contributed by atoms with Crippen LogP contribution in [0.1, 0.15) is 24.4 Å². The first-order valence-electron chi connectivity index (χ1n) is 4.66. The van der Waals surface area contributed by atoms with Crippen LogP contribution in [0, 0.1) is 0 Å². The summed E-state index contributed by atoms with van der Waals surface area (Å²) in [7, 11) is 0. The van der Waals surface area contributed by atoms with Crippen LogP contribution in [0.2, 0.25) is 0 Å². The van der Waals surface area contributed by atoms with E-state index in [0.717, 1.165) is 12.0 Å². The van der Waals surface area contributed by atoms with E-state index in [1.165, 1.54) is 0 Å². The van der Waals surface area contributed by atoms with Crippen molar-refractivity contribution >= 4 is 30.8 Å². The number of rotatable bonds is 2. The Bertz CT molecular complexity index is 335. The van der Waals surface area contributed by atoms with Gasteiger partial charge in [0.25, 0.3) is 0 Å². The summed E-state index contributed by atoms with van der Waals surface area (Å²) in [5.41, 5.74) is 1.07. The van der Waals surface area contributed by atoms with E-state index in [9.17, 15) is 4.79 Å². The number of hydrogen-bond acceptors (Lipinski definition) is 3. The zero-order valence-electron chi connectivity index (χ0n) is 8.50. The van der Waals surface area contributed by atoms with E-state index >= 15 is 0 Å². The first kappa shape index (κ1) is 15.2. The number of aromatic nitrogens is 1. The first-order valence-corrected chi connectivity index (χ1v) is 4.66. The standard InChI is InChI=1S/C10H12N2O2.2ClH/c13-10(14)9-4-3-8(12-9)7-2-1-5-11-6-7;;/h1-2,5-6,8-9,12H,3-4H2,(H,13,14);2*1H/t8-,9+;;/m1../s1. The van der Waals surface area contributed by atoms with Crippen molar-refractivity contribution in [1.82, 2.24) is 10.3 Å². The fourth-order valence-corrected chi connectivity index (χ4v) is 1.78. The average molecular weight is 265 g/mol. The summed E-state index contributed by atoms with van der Waals surface area (Å²) in [6.07, 6.45) is 5.05.